The average Bonchev–Trinajstić information content (AvgIpc) is 2.85. The van der Waals surface area contributed by atoms with Gasteiger partial charge in [0.05, 0.1) is 5.69 Å². The lowest BCUT2D eigenvalue weighted by Gasteiger charge is -2.41. The Hall–Kier alpha value is -2.87. The number of likely N-dealkylation sites (tertiary alicyclic amines) is 1. The van der Waals surface area contributed by atoms with Crippen molar-refractivity contribution in [1.29, 1.82) is 0 Å². The van der Waals surface area contributed by atoms with Gasteiger partial charge in [0.2, 0.25) is 12.4 Å². The van der Waals surface area contributed by atoms with Gasteiger partial charge in [0, 0.05) is 37.8 Å². The molecule has 2 fully saturated rings. The lowest BCUT2D eigenvalue weighted by molar-refractivity contribution is -0.107. The van der Waals surface area contributed by atoms with Gasteiger partial charge in [0.1, 0.15) is 17.5 Å². The van der Waals surface area contributed by atoms with E-state index in [-0.39, 0.29) is 0 Å². The second-order valence-corrected chi connectivity index (χ2v) is 9.44. The van der Waals surface area contributed by atoms with Crippen molar-refractivity contribution in [2.75, 3.05) is 43.0 Å². The number of carbonyl (C=O) groups excluding carboxylic acids is 1. The normalized spacial score (nSPS) is 17.8. The summed E-state index contributed by atoms with van der Waals surface area (Å²) in [6.07, 6.45) is 9.71. The summed E-state index contributed by atoms with van der Waals surface area (Å²) in [7, 11) is 1.75. The van der Waals surface area contributed by atoms with E-state index in [1.165, 1.54) is 49.0 Å². The zero-order valence-electron chi connectivity index (χ0n) is 21.3. The first-order valence-corrected chi connectivity index (χ1v) is 12.4. The van der Waals surface area contributed by atoms with Crippen LogP contribution in [0.15, 0.2) is 30.3 Å². The van der Waals surface area contributed by atoms with Gasteiger partial charge in [0.25, 0.3) is 0 Å². The summed E-state index contributed by atoms with van der Waals surface area (Å²) in [5.41, 5.74) is 1.82. The average molecular weight is 486 g/mol. The molecule has 0 spiro atoms. The van der Waals surface area contributed by atoms with Crippen molar-refractivity contribution >= 4 is 24.3 Å². The predicted octanol–water partition coefficient (Wildman–Crippen LogP) is 5.08. The van der Waals surface area contributed by atoms with Crippen LogP contribution in [0.2, 0.25) is 0 Å². The summed E-state index contributed by atoms with van der Waals surface area (Å²) in [5.74, 6) is 1.23. The summed E-state index contributed by atoms with van der Waals surface area (Å²) < 4.78 is 23.9. The number of aryl methyl sites for hydroxylation is 1. The third kappa shape index (κ3) is 7.31. The molecule has 0 saturated carbocycles. The topological polar surface area (TPSA) is 52.6 Å². The molecule has 190 valence electrons. The van der Waals surface area contributed by atoms with E-state index in [9.17, 15) is 13.6 Å². The van der Waals surface area contributed by atoms with E-state index in [0.29, 0.717) is 11.9 Å². The summed E-state index contributed by atoms with van der Waals surface area (Å²) >= 11 is 0. The van der Waals surface area contributed by atoms with Crippen LogP contribution >= 0.6 is 0 Å². The highest BCUT2D eigenvalue weighted by Gasteiger charge is 2.28. The van der Waals surface area contributed by atoms with Gasteiger partial charge < -0.3 is 14.7 Å². The number of carbonyl (C=O) groups is 1. The number of hydrogen-bond acceptors (Lipinski definition) is 5. The van der Waals surface area contributed by atoms with Gasteiger partial charge in [-0.1, -0.05) is 25.1 Å². The first-order valence-electron chi connectivity index (χ1n) is 12.4. The van der Waals surface area contributed by atoms with Gasteiger partial charge in [0.15, 0.2) is 0 Å². The third-order valence-electron chi connectivity index (χ3n) is 6.80. The highest BCUT2D eigenvalue weighted by atomic mass is 19.1. The van der Waals surface area contributed by atoms with Crippen molar-refractivity contribution in [3.05, 3.63) is 53.2 Å². The second kappa shape index (κ2) is 12.7. The van der Waals surface area contributed by atoms with Crippen LogP contribution in [0, 0.1) is 24.5 Å². The maximum Gasteiger partial charge on any atom is 0.227 e. The summed E-state index contributed by atoms with van der Waals surface area (Å²) in [6, 6.07) is 5.24. The minimum absolute atomic E-state index is 0.537. The molecule has 6 nitrogen and oxygen atoms in total. The summed E-state index contributed by atoms with van der Waals surface area (Å²) in [5, 5.41) is 0. The Morgan fingerprint density at radius 1 is 1.03 bits per heavy atom. The molecule has 0 radical (unpaired) electrons. The molecular weight excluding hydrogens is 448 g/mol. The molecule has 2 saturated heterocycles. The fourth-order valence-electron chi connectivity index (χ4n) is 4.66. The minimum Gasteiger partial charge on any atom is -0.341 e. The Bertz CT molecular complexity index is 982. The third-order valence-corrected chi connectivity index (χ3v) is 6.80. The lowest BCUT2D eigenvalue weighted by Crippen LogP contribution is -2.48. The molecular formula is C27H37F2N5O. The number of allylic oxidation sites excluding steroid dienone is 1. The van der Waals surface area contributed by atoms with Crippen molar-refractivity contribution < 1.29 is 13.6 Å². The van der Waals surface area contributed by atoms with Crippen LogP contribution in [-0.2, 0) is 4.79 Å². The van der Waals surface area contributed by atoms with Crippen LogP contribution in [0.3, 0.4) is 0 Å². The summed E-state index contributed by atoms with van der Waals surface area (Å²) in [4.78, 5) is 27.3. The number of nitrogens with zero attached hydrogens (tertiary/aromatic N) is 5. The van der Waals surface area contributed by atoms with Gasteiger partial charge in [-0.05, 0) is 70.7 Å². The van der Waals surface area contributed by atoms with E-state index in [4.69, 9.17) is 9.97 Å². The molecule has 3 heterocycles. The number of amides is 1. The molecule has 2 aliphatic rings. The molecule has 0 N–H and O–H groups in total. The van der Waals surface area contributed by atoms with Gasteiger partial charge in [-0.25, -0.2) is 13.8 Å². The van der Waals surface area contributed by atoms with E-state index in [1.54, 1.807) is 7.05 Å². The van der Waals surface area contributed by atoms with E-state index in [2.05, 4.69) is 16.7 Å². The Kier molecular flexibility index (Phi) is 9.72. The second-order valence-electron chi connectivity index (χ2n) is 9.44. The van der Waals surface area contributed by atoms with Crippen LogP contribution in [0.5, 0.6) is 0 Å². The summed E-state index contributed by atoms with van der Waals surface area (Å²) in [6.45, 7) is 10.8. The van der Waals surface area contributed by atoms with Gasteiger partial charge in [-0.2, -0.15) is 4.98 Å². The standard InChI is InChI=1S/C21H33N5O.C6H4F2/c1-5-6-19-17(3)22-21(23-20(19)24(4)15-27)26-13-9-18(10-14-26)25-11-7-16(2)8-12-25;7-5-2-1-3-6(8)4-5/h5-6,15-16,18H,7-14H2,1-4H3;1-4H/b6-5-;. The first kappa shape index (κ1) is 26.7. The van der Waals surface area contributed by atoms with Gasteiger partial charge >= 0.3 is 0 Å². The molecule has 2 aromatic rings. The zero-order chi connectivity index (χ0) is 25.4. The van der Waals surface area contributed by atoms with Crippen LogP contribution in [0.1, 0.15) is 50.8 Å². The fraction of sp³-hybridized carbons (Fsp3) is 0.519. The number of hydrogen-bond donors (Lipinski definition) is 0. The molecule has 0 unspecified atom stereocenters. The van der Waals surface area contributed by atoms with Crippen molar-refractivity contribution in [1.82, 2.24) is 14.9 Å². The molecule has 1 aromatic carbocycles. The number of halogens is 2. The number of anilines is 2. The van der Waals surface area contributed by atoms with Crippen molar-refractivity contribution in [2.45, 2.75) is 52.5 Å². The Morgan fingerprint density at radius 3 is 2.17 bits per heavy atom. The van der Waals surface area contributed by atoms with Crippen molar-refractivity contribution in [3.8, 4) is 0 Å². The number of aromatic nitrogens is 2. The first-order chi connectivity index (χ1) is 16.8. The van der Waals surface area contributed by atoms with E-state index in [1.807, 2.05) is 26.0 Å². The Labute approximate surface area is 207 Å². The maximum absolute atomic E-state index is 11.9. The number of benzene rings is 1. The molecule has 0 aliphatic carbocycles. The molecule has 0 atom stereocenters. The highest BCUT2D eigenvalue weighted by molar-refractivity contribution is 5.79. The van der Waals surface area contributed by atoms with E-state index in [0.717, 1.165) is 61.5 Å². The van der Waals surface area contributed by atoms with Crippen LogP contribution in [0.4, 0.5) is 20.5 Å². The number of rotatable bonds is 5. The molecule has 8 heteroatoms. The van der Waals surface area contributed by atoms with Gasteiger partial charge in [-0.3, -0.25) is 4.79 Å². The van der Waals surface area contributed by atoms with Gasteiger partial charge in [-0.15, -0.1) is 0 Å². The Morgan fingerprint density at radius 2 is 1.66 bits per heavy atom. The molecule has 4 rings (SSSR count). The molecule has 0 bridgehead atoms. The molecule has 35 heavy (non-hydrogen) atoms. The maximum atomic E-state index is 11.9. The molecule has 2 aliphatic heterocycles. The quantitative estimate of drug-likeness (QED) is 0.553. The molecule has 1 aromatic heterocycles. The van der Waals surface area contributed by atoms with Crippen molar-refractivity contribution in [3.63, 3.8) is 0 Å². The van der Waals surface area contributed by atoms with E-state index < -0.39 is 11.6 Å². The van der Waals surface area contributed by atoms with Crippen LogP contribution in [0.25, 0.3) is 6.08 Å². The van der Waals surface area contributed by atoms with E-state index >= 15 is 0 Å². The minimum atomic E-state index is -0.537. The SMILES string of the molecule is C/C=C\c1c(C)nc(N2CCC(N3CCC(C)CC3)CC2)nc1N(C)C=O.Fc1cccc(F)c1. The molecule has 1 amide bonds. The number of piperidine rings is 2. The monoisotopic (exact) mass is 485 g/mol. The smallest absolute Gasteiger partial charge is 0.227 e. The largest absolute Gasteiger partial charge is 0.341 e. The zero-order valence-corrected chi connectivity index (χ0v) is 21.3. The van der Waals surface area contributed by atoms with Crippen molar-refractivity contribution in [2.24, 2.45) is 5.92 Å². The predicted molar refractivity (Wildman–Crippen MR) is 138 cm³/mol. The fourth-order valence-corrected chi connectivity index (χ4v) is 4.66. The Balaban J connectivity index is 0.000000363. The van der Waals surface area contributed by atoms with Crippen LogP contribution < -0.4 is 9.80 Å². The van der Waals surface area contributed by atoms with Crippen LogP contribution in [-0.4, -0.2) is 60.5 Å². The highest BCUT2D eigenvalue weighted by Crippen LogP contribution is 2.28. The lowest BCUT2D eigenvalue weighted by atomic mass is 9.95.